The summed E-state index contributed by atoms with van der Waals surface area (Å²) in [6, 6.07) is 10.3. The number of hydrogen-bond acceptors (Lipinski definition) is 6. The third-order valence-corrected chi connectivity index (χ3v) is 5.85. The number of hydrazone groups is 1. The third kappa shape index (κ3) is 4.27. The van der Waals surface area contributed by atoms with Gasteiger partial charge in [-0.1, -0.05) is 30.2 Å². The van der Waals surface area contributed by atoms with Crippen LogP contribution < -0.4 is 0 Å². The Morgan fingerprint density at radius 1 is 1.20 bits per heavy atom. The Bertz CT molecular complexity index is 933. The van der Waals surface area contributed by atoms with Crippen molar-refractivity contribution in [2.75, 3.05) is 6.61 Å². The lowest BCUT2D eigenvalue weighted by Gasteiger charge is -2.29. The van der Waals surface area contributed by atoms with E-state index in [9.17, 15) is 14.7 Å². The van der Waals surface area contributed by atoms with Crippen LogP contribution in [0.3, 0.4) is 0 Å². The van der Waals surface area contributed by atoms with E-state index in [-0.39, 0.29) is 0 Å². The highest BCUT2D eigenvalue weighted by Crippen LogP contribution is 2.34. The zero-order valence-electron chi connectivity index (χ0n) is 16.4. The van der Waals surface area contributed by atoms with Crippen LogP contribution >= 0.6 is 11.6 Å². The Morgan fingerprint density at radius 3 is 2.60 bits per heavy atom. The number of carbonyl (C=O) groups is 2. The number of furan rings is 1. The van der Waals surface area contributed by atoms with E-state index in [4.69, 9.17) is 20.8 Å². The van der Waals surface area contributed by atoms with Crippen LogP contribution in [-0.2, 0) is 14.3 Å². The molecule has 2 aromatic rings. The fourth-order valence-electron chi connectivity index (χ4n) is 3.93. The maximum absolute atomic E-state index is 12.9. The van der Waals surface area contributed by atoms with Gasteiger partial charge in [0.1, 0.15) is 11.8 Å². The number of ether oxygens (including phenoxy) is 1. The highest BCUT2D eigenvalue weighted by Gasteiger charge is 2.40. The fraction of sp³-hybridized carbons (Fsp3) is 0.409. The lowest BCUT2D eigenvalue weighted by Crippen LogP contribution is -2.43. The Balaban J connectivity index is 1.49. The first-order chi connectivity index (χ1) is 14.5. The van der Waals surface area contributed by atoms with Gasteiger partial charge in [0, 0.05) is 11.4 Å². The summed E-state index contributed by atoms with van der Waals surface area (Å²) in [5.41, 5.74) is 0.0558. The average Bonchev–Trinajstić information content (AvgIpc) is 3.42. The zero-order chi connectivity index (χ0) is 21.1. The standard InChI is InChI=1S/C22H23ClN2O5/c23-16-8-6-15(7-9-16)17-13-18(19-5-4-12-29-19)25(24-17)20(26)14-30-21(27)22(28)10-2-1-3-11-22/h4-9,12,18,28H,1-3,10-11,13-14H2. The quantitative estimate of drug-likeness (QED) is 0.727. The molecule has 1 saturated carbocycles. The molecule has 158 valence electrons. The minimum absolute atomic E-state index is 0.359. The number of hydrogen-bond donors (Lipinski definition) is 1. The summed E-state index contributed by atoms with van der Waals surface area (Å²) < 4.78 is 10.7. The number of benzene rings is 1. The summed E-state index contributed by atoms with van der Waals surface area (Å²) in [5.74, 6) is -0.632. The highest BCUT2D eigenvalue weighted by atomic mass is 35.5. The monoisotopic (exact) mass is 430 g/mol. The lowest BCUT2D eigenvalue weighted by atomic mass is 9.85. The Labute approximate surface area is 179 Å². The summed E-state index contributed by atoms with van der Waals surface area (Å²) in [4.78, 5) is 25.2. The molecule has 30 heavy (non-hydrogen) atoms. The largest absolute Gasteiger partial charge is 0.467 e. The Hall–Kier alpha value is -2.64. The van der Waals surface area contributed by atoms with Crippen molar-refractivity contribution in [2.45, 2.75) is 50.2 Å². The van der Waals surface area contributed by atoms with E-state index < -0.39 is 30.1 Å². The van der Waals surface area contributed by atoms with Gasteiger partial charge in [-0.3, -0.25) is 4.79 Å². The van der Waals surface area contributed by atoms with E-state index in [2.05, 4.69) is 5.10 Å². The molecule has 0 spiro atoms. The molecule has 1 aromatic carbocycles. The van der Waals surface area contributed by atoms with Crippen LogP contribution in [0, 0.1) is 0 Å². The van der Waals surface area contributed by atoms with Crippen LogP contribution in [0.5, 0.6) is 0 Å². The van der Waals surface area contributed by atoms with Crippen molar-refractivity contribution in [2.24, 2.45) is 5.10 Å². The second-order valence-electron chi connectivity index (χ2n) is 7.70. The van der Waals surface area contributed by atoms with E-state index in [1.807, 2.05) is 12.1 Å². The summed E-state index contributed by atoms with van der Waals surface area (Å²) in [6.45, 7) is -0.490. The van der Waals surface area contributed by atoms with E-state index in [0.29, 0.717) is 35.8 Å². The Kier molecular flexibility index (Phi) is 5.92. The summed E-state index contributed by atoms with van der Waals surface area (Å²) in [5, 5.41) is 16.9. The van der Waals surface area contributed by atoms with Crippen LogP contribution in [0.1, 0.15) is 55.9 Å². The molecule has 0 saturated heterocycles. The van der Waals surface area contributed by atoms with Gasteiger partial charge < -0.3 is 14.3 Å². The molecular formula is C22H23ClN2O5. The van der Waals surface area contributed by atoms with Gasteiger partial charge in [0.2, 0.25) is 0 Å². The molecule has 2 aliphatic rings. The van der Waals surface area contributed by atoms with Gasteiger partial charge in [0.05, 0.1) is 12.0 Å². The molecule has 1 unspecified atom stereocenters. The molecule has 0 bridgehead atoms. The topological polar surface area (TPSA) is 92.3 Å². The number of nitrogens with zero attached hydrogens (tertiary/aromatic N) is 2. The molecule has 1 fully saturated rings. The molecule has 1 amide bonds. The van der Waals surface area contributed by atoms with Crippen LogP contribution in [0.2, 0.25) is 5.02 Å². The predicted octanol–water partition coefficient (Wildman–Crippen LogP) is 3.85. The van der Waals surface area contributed by atoms with E-state index in [0.717, 1.165) is 24.8 Å². The summed E-state index contributed by atoms with van der Waals surface area (Å²) in [7, 11) is 0. The third-order valence-electron chi connectivity index (χ3n) is 5.60. The van der Waals surface area contributed by atoms with Gasteiger partial charge in [0.15, 0.2) is 12.2 Å². The van der Waals surface area contributed by atoms with Gasteiger partial charge >= 0.3 is 5.97 Å². The van der Waals surface area contributed by atoms with Crippen molar-refractivity contribution in [1.29, 1.82) is 0 Å². The molecule has 0 radical (unpaired) electrons. The van der Waals surface area contributed by atoms with Crippen molar-refractivity contribution < 1.29 is 23.8 Å². The van der Waals surface area contributed by atoms with Gasteiger partial charge in [-0.05, 0) is 55.5 Å². The second kappa shape index (κ2) is 8.62. The van der Waals surface area contributed by atoms with Gasteiger partial charge in [-0.25, -0.2) is 9.80 Å². The Morgan fingerprint density at radius 2 is 1.93 bits per heavy atom. The molecule has 1 N–H and O–H groups in total. The van der Waals surface area contributed by atoms with E-state index >= 15 is 0 Å². The normalized spacial score (nSPS) is 20.7. The molecule has 7 nitrogen and oxygen atoms in total. The maximum atomic E-state index is 12.9. The summed E-state index contributed by atoms with van der Waals surface area (Å²) >= 11 is 5.97. The van der Waals surface area contributed by atoms with Crippen molar-refractivity contribution in [3.05, 3.63) is 59.0 Å². The minimum atomic E-state index is -1.50. The molecule has 2 heterocycles. The second-order valence-corrected chi connectivity index (χ2v) is 8.13. The predicted molar refractivity (Wildman–Crippen MR) is 110 cm³/mol. The van der Waals surface area contributed by atoms with Crippen LogP contribution in [0.15, 0.2) is 52.2 Å². The SMILES string of the molecule is O=C(COC(=O)C1(O)CCCCC1)N1N=C(c2ccc(Cl)cc2)CC1c1ccco1. The van der Waals surface area contributed by atoms with Gasteiger partial charge in [0.25, 0.3) is 5.91 Å². The van der Waals surface area contributed by atoms with Crippen molar-refractivity contribution >= 4 is 29.2 Å². The maximum Gasteiger partial charge on any atom is 0.338 e. The van der Waals surface area contributed by atoms with Gasteiger partial charge in [-0.15, -0.1) is 0 Å². The number of amides is 1. The smallest absolute Gasteiger partial charge is 0.338 e. The van der Waals surface area contributed by atoms with Crippen LogP contribution in [0.4, 0.5) is 0 Å². The first kappa shape index (κ1) is 20.6. The van der Waals surface area contributed by atoms with Crippen molar-refractivity contribution in [3.63, 3.8) is 0 Å². The van der Waals surface area contributed by atoms with E-state index in [1.165, 1.54) is 11.3 Å². The molecule has 1 atom stereocenters. The van der Waals surface area contributed by atoms with Crippen molar-refractivity contribution in [1.82, 2.24) is 5.01 Å². The lowest BCUT2D eigenvalue weighted by molar-refractivity contribution is -0.172. The molecule has 1 aromatic heterocycles. The number of esters is 1. The number of rotatable bonds is 5. The molecule has 1 aliphatic carbocycles. The average molecular weight is 431 g/mol. The molecular weight excluding hydrogens is 408 g/mol. The van der Waals surface area contributed by atoms with Crippen LogP contribution in [0.25, 0.3) is 0 Å². The molecule has 4 rings (SSSR count). The number of aliphatic hydroxyl groups is 1. The van der Waals surface area contributed by atoms with Gasteiger partial charge in [-0.2, -0.15) is 5.10 Å². The minimum Gasteiger partial charge on any atom is -0.467 e. The van der Waals surface area contributed by atoms with E-state index in [1.54, 1.807) is 24.3 Å². The number of halogens is 1. The summed E-state index contributed by atoms with van der Waals surface area (Å²) in [6.07, 6.45) is 5.22. The van der Waals surface area contributed by atoms with Crippen LogP contribution in [-0.4, -0.2) is 39.9 Å². The number of carbonyl (C=O) groups excluding carboxylic acids is 2. The molecule has 8 heteroatoms. The first-order valence-corrected chi connectivity index (χ1v) is 10.4. The zero-order valence-corrected chi connectivity index (χ0v) is 17.2. The first-order valence-electron chi connectivity index (χ1n) is 10.0. The fourth-order valence-corrected chi connectivity index (χ4v) is 4.05. The van der Waals surface area contributed by atoms with Crippen molar-refractivity contribution in [3.8, 4) is 0 Å². The molecule has 1 aliphatic heterocycles. The highest BCUT2D eigenvalue weighted by molar-refractivity contribution is 6.30.